The van der Waals surface area contributed by atoms with Crippen molar-refractivity contribution in [2.45, 2.75) is 39.5 Å². The Hall–Kier alpha value is -3.45. The molecule has 164 valence electrons. The van der Waals surface area contributed by atoms with Crippen LogP contribution in [-0.2, 0) is 11.3 Å². The molecule has 0 bridgehead atoms. The van der Waals surface area contributed by atoms with E-state index >= 15 is 0 Å². The molecule has 4 aromatic rings. The lowest BCUT2D eigenvalue weighted by molar-refractivity contribution is -0.0588. The number of ether oxygens (including phenoxy) is 1. The minimum atomic E-state index is -0.168. The minimum absolute atomic E-state index is 0.0380. The highest BCUT2D eigenvalue weighted by Gasteiger charge is 2.29. The third-order valence-electron chi connectivity index (χ3n) is 5.92. The Morgan fingerprint density at radius 1 is 1.09 bits per heavy atom. The van der Waals surface area contributed by atoms with Gasteiger partial charge in [-0.25, -0.2) is 4.98 Å². The monoisotopic (exact) mass is 430 g/mol. The number of aromatic nitrogens is 3. The Labute approximate surface area is 185 Å². The van der Waals surface area contributed by atoms with Crippen molar-refractivity contribution in [1.82, 2.24) is 18.9 Å². The Bertz CT molecular complexity index is 1360. The summed E-state index contributed by atoms with van der Waals surface area (Å²) in [4.78, 5) is 33.6. The van der Waals surface area contributed by atoms with Gasteiger partial charge in [0.1, 0.15) is 17.0 Å². The molecule has 1 saturated heterocycles. The van der Waals surface area contributed by atoms with Crippen molar-refractivity contribution in [2.75, 3.05) is 13.1 Å². The van der Waals surface area contributed by atoms with Crippen LogP contribution in [0.15, 0.2) is 59.5 Å². The first-order valence-electron chi connectivity index (χ1n) is 10.9. The molecule has 1 amide bonds. The highest BCUT2D eigenvalue weighted by molar-refractivity contribution is 5.98. The first-order chi connectivity index (χ1) is 15.4. The third kappa shape index (κ3) is 3.58. The number of carbonyl (C=O) groups is 1. The number of hydrogen-bond acceptors (Lipinski definition) is 4. The fraction of sp³-hybridized carbons (Fsp3) is 0.320. The molecule has 4 heterocycles. The van der Waals surface area contributed by atoms with Gasteiger partial charge >= 0.3 is 0 Å². The zero-order valence-electron chi connectivity index (χ0n) is 18.5. The van der Waals surface area contributed by atoms with Crippen LogP contribution in [0.1, 0.15) is 35.5 Å². The number of amides is 1. The van der Waals surface area contributed by atoms with Crippen molar-refractivity contribution in [2.24, 2.45) is 0 Å². The maximum atomic E-state index is 13.6. The van der Waals surface area contributed by atoms with Gasteiger partial charge in [0.15, 0.2) is 0 Å². The SMILES string of the molecule is Cc1ccc2nc3c(cc(C(=O)N4C[C@H](C)O[C@@H](C)C4)n3Cc3ccccc3)c(=O)n2c1. The molecule has 0 unspecified atom stereocenters. The van der Waals surface area contributed by atoms with Gasteiger partial charge in [0.05, 0.1) is 17.6 Å². The van der Waals surface area contributed by atoms with Crippen LogP contribution in [0.3, 0.4) is 0 Å². The summed E-state index contributed by atoms with van der Waals surface area (Å²) in [6, 6.07) is 15.4. The molecule has 0 aliphatic carbocycles. The number of hydrogen-bond donors (Lipinski definition) is 0. The van der Waals surface area contributed by atoms with Gasteiger partial charge in [-0.2, -0.15) is 0 Å². The molecular formula is C25H26N4O3. The van der Waals surface area contributed by atoms with Crippen LogP contribution in [0.2, 0.25) is 0 Å². The topological polar surface area (TPSA) is 68.8 Å². The van der Waals surface area contributed by atoms with Crippen LogP contribution in [0.5, 0.6) is 0 Å². The van der Waals surface area contributed by atoms with Gasteiger partial charge in [0.2, 0.25) is 0 Å². The van der Waals surface area contributed by atoms with E-state index in [2.05, 4.69) is 0 Å². The highest BCUT2D eigenvalue weighted by atomic mass is 16.5. The Kier molecular flexibility index (Phi) is 5.06. The second-order valence-electron chi connectivity index (χ2n) is 8.66. The maximum Gasteiger partial charge on any atom is 0.270 e. The number of fused-ring (bicyclic) bond motifs is 2. The first kappa shape index (κ1) is 20.5. The molecular weight excluding hydrogens is 404 g/mol. The van der Waals surface area contributed by atoms with Crippen LogP contribution in [-0.4, -0.2) is 50.1 Å². The molecule has 0 N–H and O–H groups in total. The standard InChI is InChI=1S/C25H26N4O3/c1-16-9-10-22-26-23-20(24(30)29(22)12-16)11-21(28(23)15-19-7-5-4-6-8-19)25(31)27-13-17(2)32-18(3)14-27/h4-12,17-18H,13-15H2,1-3H3/t17-,18-/m0/s1. The number of nitrogens with zero attached hydrogens (tertiary/aromatic N) is 4. The van der Waals surface area contributed by atoms with Crippen molar-refractivity contribution in [3.63, 3.8) is 0 Å². The molecule has 1 fully saturated rings. The van der Waals surface area contributed by atoms with Gasteiger partial charge < -0.3 is 14.2 Å². The predicted molar refractivity (Wildman–Crippen MR) is 123 cm³/mol. The van der Waals surface area contributed by atoms with E-state index in [0.29, 0.717) is 42.0 Å². The average molecular weight is 431 g/mol. The fourth-order valence-electron chi connectivity index (χ4n) is 4.52. The zero-order valence-corrected chi connectivity index (χ0v) is 18.5. The molecule has 1 aromatic carbocycles. The van der Waals surface area contributed by atoms with Gasteiger partial charge in [0, 0.05) is 25.8 Å². The van der Waals surface area contributed by atoms with E-state index in [9.17, 15) is 9.59 Å². The summed E-state index contributed by atoms with van der Waals surface area (Å²) < 4.78 is 9.23. The largest absolute Gasteiger partial charge is 0.372 e. The minimum Gasteiger partial charge on any atom is -0.372 e. The summed E-state index contributed by atoms with van der Waals surface area (Å²) in [5.41, 5.74) is 3.40. The van der Waals surface area contributed by atoms with Crippen LogP contribution >= 0.6 is 0 Å². The van der Waals surface area contributed by atoms with E-state index in [4.69, 9.17) is 9.72 Å². The maximum absolute atomic E-state index is 13.6. The highest BCUT2D eigenvalue weighted by Crippen LogP contribution is 2.22. The third-order valence-corrected chi connectivity index (χ3v) is 5.92. The molecule has 7 heteroatoms. The lowest BCUT2D eigenvalue weighted by atomic mass is 10.2. The number of pyridine rings is 1. The van der Waals surface area contributed by atoms with Crippen molar-refractivity contribution >= 4 is 22.6 Å². The van der Waals surface area contributed by atoms with Crippen molar-refractivity contribution in [1.29, 1.82) is 0 Å². The molecule has 2 atom stereocenters. The fourth-order valence-corrected chi connectivity index (χ4v) is 4.52. The van der Waals surface area contributed by atoms with Gasteiger partial charge in [-0.05, 0) is 44.0 Å². The van der Waals surface area contributed by atoms with Crippen molar-refractivity contribution in [3.05, 3.63) is 81.9 Å². The lowest BCUT2D eigenvalue weighted by Crippen LogP contribution is -2.48. The summed E-state index contributed by atoms with van der Waals surface area (Å²) in [6.07, 6.45) is 1.71. The molecule has 1 aliphatic heterocycles. The molecule has 0 radical (unpaired) electrons. The van der Waals surface area contributed by atoms with Crippen LogP contribution in [0.4, 0.5) is 0 Å². The predicted octanol–water partition coefficient (Wildman–Crippen LogP) is 3.26. The molecule has 1 aliphatic rings. The number of morpholine rings is 1. The zero-order chi connectivity index (χ0) is 22.4. The van der Waals surface area contributed by atoms with Gasteiger partial charge in [-0.1, -0.05) is 36.4 Å². The Morgan fingerprint density at radius 3 is 2.53 bits per heavy atom. The van der Waals surface area contributed by atoms with Crippen LogP contribution in [0.25, 0.3) is 16.7 Å². The van der Waals surface area contributed by atoms with E-state index < -0.39 is 0 Å². The smallest absolute Gasteiger partial charge is 0.270 e. The summed E-state index contributed by atoms with van der Waals surface area (Å²) >= 11 is 0. The first-order valence-corrected chi connectivity index (χ1v) is 10.9. The van der Waals surface area contributed by atoms with E-state index in [0.717, 1.165) is 11.1 Å². The quantitative estimate of drug-likeness (QED) is 0.500. The second-order valence-corrected chi connectivity index (χ2v) is 8.66. The second kappa shape index (κ2) is 7.91. The van der Waals surface area contributed by atoms with Gasteiger partial charge in [-0.15, -0.1) is 0 Å². The molecule has 3 aromatic heterocycles. The normalized spacial score (nSPS) is 19.0. The van der Waals surface area contributed by atoms with E-state index in [-0.39, 0.29) is 23.7 Å². The van der Waals surface area contributed by atoms with E-state index in [1.807, 2.05) is 72.7 Å². The summed E-state index contributed by atoms with van der Waals surface area (Å²) in [6.45, 7) is 7.37. The lowest BCUT2D eigenvalue weighted by Gasteiger charge is -2.35. The Morgan fingerprint density at radius 2 is 1.81 bits per heavy atom. The number of benzene rings is 1. The molecule has 32 heavy (non-hydrogen) atoms. The van der Waals surface area contributed by atoms with Gasteiger partial charge in [-0.3, -0.25) is 14.0 Å². The molecule has 5 rings (SSSR count). The van der Waals surface area contributed by atoms with Crippen LogP contribution < -0.4 is 5.56 Å². The van der Waals surface area contributed by atoms with Crippen molar-refractivity contribution in [3.8, 4) is 0 Å². The van der Waals surface area contributed by atoms with E-state index in [1.165, 1.54) is 0 Å². The summed E-state index contributed by atoms with van der Waals surface area (Å²) in [7, 11) is 0. The molecule has 0 spiro atoms. The Balaban J connectivity index is 1.70. The van der Waals surface area contributed by atoms with E-state index in [1.54, 1.807) is 16.7 Å². The number of rotatable bonds is 3. The number of aryl methyl sites for hydroxylation is 1. The van der Waals surface area contributed by atoms with Crippen molar-refractivity contribution < 1.29 is 9.53 Å². The summed E-state index contributed by atoms with van der Waals surface area (Å²) in [5, 5.41) is 0.446. The van der Waals surface area contributed by atoms with Crippen LogP contribution in [0, 0.1) is 6.92 Å². The average Bonchev–Trinajstić information content (AvgIpc) is 3.12. The number of carbonyl (C=O) groups excluding carboxylic acids is 1. The molecule has 0 saturated carbocycles. The summed E-state index contributed by atoms with van der Waals surface area (Å²) in [5.74, 6) is -0.106. The molecule has 7 nitrogen and oxygen atoms in total. The van der Waals surface area contributed by atoms with Gasteiger partial charge in [0.25, 0.3) is 11.5 Å².